The zero-order valence-corrected chi connectivity index (χ0v) is 9.28. The van der Waals surface area contributed by atoms with Crippen LogP contribution in [0.2, 0.25) is 0 Å². The minimum absolute atomic E-state index is 0.0617. The standard InChI is InChI=1S/C12H14FNO3/c13-11-6-9(15)3-4-10(11)12(16)14-8-2-1-5-17-7-8/h3-4,6,8,15H,1-2,5,7H2,(H,14,16). The Kier molecular flexibility index (Phi) is 3.58. The lowest BCUT2D eigenvalue weighted by Crippen LogP contribution is -2.40. The summed E-state index contributed by atoms with van der Waals surface area (Å²) < 4.78 is 18.6. The third-order valence-corrected chi connectivity index (χ3v) is 2.69. The van der Waals surface area contributed by atoms with Gasteiger partial charge in [0.05, 0.1) is 18.2 Å². The number of amides is 1. The summed E-state index contributed by atoms with van der Waals surface area (Å²) in [7, 11) is 0. The molecule has 0 spiro atoms. The predicted octanol–water partition coefficient (Wildman–Crippen LogP) is 1.44. The third kappa shape index (κ3) is 2.94. The summed E-state index contributed by atoms with van der Waals surface area (Å²) in [5, 5.41) is 11.8. The van der Waals surface area contributed by atoms with Crippen molar-refractivity contribution >= 4 is 5.91 Å². The number of halogens is 1. The summed E-state index contributed by atoms with van der Waals surface area (Å²) in [5.41, 5.74) is -0.0617. The van der Waals surface area contributed by atoms with Crippen LogP contribution in [0.25, 0.3) is 0 Å². The van der Waals surface area contributed by atoms with E-state index in [0.29, 0.717) is 13.2 Å². The summed E-state index contributed by atoms with van der Waals surface area (Å²) in [4.78, 5) is 11.8. The molecule has 1 unspecified atom stereocenters. The molecular formula is C12H14FNO3. The molecule has 1 fully saturated rings. The molecule has 4 nitrogen and oxygen atoms in total. The van der Waals surface area contributed by atoms with Gasteiger partial charge in [0.15, 0.2) is 0 Å². The molecule has 17 heavy (non-hydrogen) atoms. The summed E-state index contributed by atoms with van der Waals surface area (Å²) in [6.07, 6.45) is 1.73. The van der Waals surface area contributed by atoms with E-state index < -0.39 is 11.7 Å². The highest BCUT2D eigenvalue weighted by Crippen LogP contribution is 2.15. The molecule has 0 bridgehead atoms. The topological polar surface area (TPSA) is 58.6 Å². The van der Waals surface area contributed by atoms with Crippen molar-refractivity contribution in [1.82, 2.24) is 5.32 Å². The van der Waals surface area contributed by atoms with Crippen LogP contribution in [-0.4, -0.2) is 30.3 Å². The van der Waals surface area contributed by atoms with E-state index in [9.17, 15) is 9.18 Å². The Labute approximate surface area is 98.4 Å². The van der Waals surface area contributed by atoms with Gasteiger partial charge in [-0.25, -0.2) is 4.39 Å². The van der Waals surface area contributed by atoms with Crippen molar-refractivity contribution < 1.29 is 19.0 Å². The highest BCUT2D eigenvalue weighted by Gasteiger charge is 2.19. The lowest BCUT2D eigenvalue weighted by atomic mass is 10.1. The van der Waals surface area contributed by atoms with Gasteiger partial charge in [-0.15, -0.1) is 0 Å². The molecule has 0 aliphatic carbocycles. The maximum atomic E-state index is 13.4. The fourth-order valence-electron chi connectivity index (χ4n) is 1.81. The Balaban J connectivity index is 2.03. The van der Waals surface area contributed by atoms with E-state index in [1.165, 1.54) is 12.1 Å². The minimum atomic E-state index is -0.723. The molecule has 0 saturated carbocycles. The van der Waals surface area contributed by atoms with Crippen LogP contribution in [0, 0.1) is 5.82 Å². The van der Waals surface area contributed by atoms with Crippen LogP contribution in [0.1, 0.15) is 23.2 Å². The van der Waals surface area contributed by atoms with E-state index in [4.69, 9.17) is 9.84 Å². The van der Waals surface area contributed by atoms with Gasteiger partial charge < -0.3 is 15.2 Å². The van der Waals surface area contributed by atoms with E-state index in [2.05, 4.69) is 5.32 Å². The Morgan fingerprint density at radius 3 is 3.00 bits per heavy atom. The summed E-state index contributed by atoms with van der Waals surface area (Å²) in [5.74, 6) is -1.39. The normalized spacial score (nSPS) is 19.9. The second kappa shape index (κ2) is 5.14. The molecule has 1 saturated heterocycles. The molecule has 1 aromatic carbocycles. The number of ether oxygens (including phenoxy) is 1. The summed E-state index contributed by atoms with van der Waals surface area (Å²) >= 11 is 0. The first-order valence-corrected chi connectivity index (χ1v) is 5.54. The number of phenolic OH excluding ortho intramolecular Hbond substituents is 1. The van der Waals surface area contributed by atoms with E-state index in [1.54, 1.807) is 0 Å². The fourth-order valence-corrected chi connectivity index (χ4v) is 1.81. The van der Waals surface area contributed by atoms with Crippen LogP contribution in [-0.2, 0) is 4.74 Å². The van der Waals surface area contributed by atoms with Crippen molar-refractivity contribution in [2.45, 2.75) is 18.9 Å². The van der Waals surface area contributed by atoms with Gasteiger partial charge in [-0.05, 0) is 25.0 Å². The SMILES string of the molecule is O=C(NC1CCCOC1)c1ccc(O)cc1F. The van der Waals surface area contributed by atoms with Gasteiger partial charge in [-0.2, -0.15) is 0 Å². The summed E-state index contributed by atoms with van der Waals surface area (Å²) in [6.45, 7) is 1.17. The van der Waals surface area contributed by atoms with Crippen molar-refractivity contribution in [2.75, 3.05) is 13.2 Å². The van der Waals surface area contributed by atoms with Crippen LogP contribution in [0.3, 0.4) is 0 Å². The van der Waals surface area contributed by atoms with Crippen molar-refractivity contribution in [3.05, 3.63) is 29.6 Å². The molecule has 1 aliphatic rings. The van der Waals surface area contributed by atoms with Crippen molar-refractivity contribution in [3.8, 4) is 5.75 Å². The van der Waals surface area contributed by atoms with Gasteiger partial charge in [0.2, 0.25) is 0 Å². The molecule has 1 aliphatic heterocycles. The molecule has 0 aromatic heterocycles. The Hall–Kier alpha value is -1.62. The second-order valence-electron chi connectivity index (χ2n) is 4.05. The highest BCUT2D eigenvalue weighted by atomic mass is 19.1. The molecule has 1 aromatic rings. The number of phenols is 1. The second-order valence-corrected chi connectivity index (χ2v) is 4.05. The number of aromatic hydroxyl groups is 1. The molecule has 2 rings (SSSR count). The van der Waals surface area contributed by atoms with Crippen molar-refractivity contribution in [3.63, 3.8) is 0 Å². The monoisotopic (exact) mass is 239 g/mol. The third-order valence-electron chi connectivity index (χ3n) is 2.69. The Morgan fingerprint density at radius 2 is 2.35 bits per heavy atom. The number of carbonyl (C=O) groups is 1. The van der Waals surface area contributed by atoms with E-state index >= 15 is 0 Å². The number of benzene rings is 1. The van der Waals surface area contributed by atoms with Gasteiger partial charge in [0, 0.05) is 12.7 Å². The molecule has 1 atom stereocenters. The highest BCUT2D eigenvalue weighted by molar-refractivity contribution is 5.94. The van der Waals surface area contributed by atoms with Gasteiger partial charge in [0.1, 0.15) is 11.6 Å². The zero-order chi connectivity index (χ0) is 12.3. The first-order valence-electron chi connectivity index (χ1n) is 5.54. The molecule has 0 radical (unpaired) electrons. The van der Waals surface area contributed by atoms with Gasteiger partial charge >= 0.3 is 0 Å². The van der Waals surface area contributed by atoms with Crippen LogP contribution in [0.4, 0.5) is 4.39 Å². The van der Waals surface area contributed by atoms with E-state index in [-0.39, 0.29) is 17.4 Å². The van der Waals surface area contributed by atoms with E-state index in [1.807, 2.05) is 0 Å². The maximum absolute atomic E-state index is 13.4. The molecule has 1 amide bonds. The molecular weight excluding hydrogens is 225 g/mol. The van der Waals surface area contributed by atoms with Gasteiger partial charge in [-0.3, -0.25) is 4.79 Å². The summed E-state index contributed by atoms with van der Waals surface area (Å²) in [6, 6.07) is 3.41. The smallest absolute Gasteiger partial charge is 0.254 e. The van der Waals surface area contributed by atoms with Crippen molar-refractivity contribution in [1.29, 1.82) is 0 Å². The van der Waals surface area contributed by atoms with Gasteiger partial charge in [0.25, 0.3) is 5.91 Å². The number of nitrogens with one attached hydrogen (secondary N) is 1. The largest absolute Gasteiger partial charge is 0.508 e. The Morgan fingerprint density at radius 1 is 1.53 bits per heavy atom. The van der Waals surface area contributed by atoms with Crippen LogP contribution >= 0.6 is 0 Å². The fraction of sp³-hybridized carbons (Fsp3) is 0.417. The average Bonchev–Trinajstić information content (AvgIpc) is 2.30. The van der Waals surface area contributed by atoms with E-state index in [0.717, 1.165) is 18.9 Å². The minimum Gasteiger partial charge on any atom is -0.508 e. The number of carbonyl (C=O) groups excluding carboxylic acids is 1. The Bertz CT molecular complexity index is 416. The number of hydrogen-bond donors (Lipinski definition) is 2. The zero-order valence-electron chi connectivity index (χ0n) is 9.28. The quantitative estimate of drug-likeness (QED) is 0.821. The van der Waals surface area contributed by atoms with Crippen LogP contribution in [0.15, 0.2) is 18.2 Å². The lowest BCUT2D eigenvalue weighted by Gasteiger charge is -2.23. The average molecular weight is 239 g/mol. The number of hydrogen-bond acceptors (Lipinski definition) is 3. The van der Waals surface area contributed by atoms with Crippen LogP contribution < -0.4 is 5.32 Å². The maximum Gasteiger partial charge on any atom is 0.254 e. The molecule has 2 N–H and O–H groups in total. The lowest BCUT2D eigenvalue weighted by molar-refractivity contribution is 0.0622. The van der Waals surface area contributed by atoms with Gasteiger partial charge in [-0.1, -0.05) is 0 Å². The number of rotatable bonds is 2. The first-order chi connectivity index (χ1) is 8.16. The van der Waals surface area contributed by atoms with Crippen LogP contribution in [0.5, 0.6) is 5.75 Å². The molecule has 92 valence electrons. The predicted molar refractivity (Wildman–Crippen MR) is 59.4 cm³/mol. The molecule has 5 heteroatoms. The molecule has 1 heterocycles. The first kappa shape index (κ1) is 11.9. The van der Waals surface area contributed by atoms with Crippen molar-refractivity contribution in [2.24, 2.45) is 0 Å².